The summed E-state index contributed by atoms with van der Waals surface area (Å²) in [6.45, 7) is 2.61. The molecule has 4 N–H and O–H groups in total. The predicted octanol–water partition coefficient (Wildman–Crippen LogP) is 0.431. The molecule has 0 aliphatic rings. The summed E-state index contributed by atoms with van der Waals surface area (Å²) in [6.07, 6.45) is 5.43. The highest BCUT2D eigenvalue weighted by atomic mass is 16.1. The zero-order valence-electron chi connectivity index (χ0n) is 10.00. The summed E-state index contributed by atoms with van der Waals surface area (Å²) in [7, 11) is 0. The van der Waals surface area contributed by atoms with Gasteiger partial charge in [-0.3, -0.25) is 14.8 Å². The SMILES string of the molecule is CCCn1nc(-c2cnccn2)c(C(N)=O)c1N. The van der Waals surface area contributed by atoms with Crippen molar-refractivity contribution in [2.75, 3.05) is 5.73 Å². The normalized spacial score (nSPS) is 10.5. The van der Waals surface area contributed by atoms with E-state index in [9.17, 15) is 4.79 Å². The molecule has 2 aromatic heterocycles. The smallest absolute Gasteiger partial charge is 0.254 e. The minimum atomic E-state index is -0.615. The lowest BCUT2D eigenvalue weighted by atomic mass is 10.2. The van der Waals surface area contributed by atoms with Gasteiger partial charge in [-0.15, -0.1) is 0 Å². The van der Waals surface area contributed by atoms with Crippen LogP contribution in [-0.2, 0) is 6.54 Å². The number of hydrogen-bond donors (Lipinski definition) is 2. The molecule has 0 saturated carbocycles. The molecule has 2 heterocycles. The van der Waals surface area contributed by atoms with Crippen LogP contribution in [0.4, 0.5) is 5.82 Å². The van der Waals surface area contributed by atoms with E-state index in [0.29, 0.717) is 17.9 Å². The number of amides is 1. The molecule has 0 spiro atoms. The van der Waals surface area contributed by atoms with Gasteiger partial charge >= 0.3 is 0 Å². The Morgan fingerprint density at radius 2 is 2.22 bits per heavy atom. The summed E-state index contributed by atoms with van der Waals surface area (Å²) in [5.41, 5.74) is 12.3. The molecule has 0 saturated heterocycles. The lowest BCUT2D eigenvalue weighted by molar-refractivity contribution is 0.100. The molecule has 0 fully saturated rings. The van der Waals surface area contributed by atoms with Gasteiger partial charge in [-0.2, -0.15) is 5.10 Å². The Hall–Kier alpha value is -2.44. The summed E-state index contributed by atoms with van der Waals surface area (Å²) in [5.74, 6) is -0.347. The van der Waals surface area contributed by atoms with E-state index in [4.69, 9.17) is 11.5 Å². The number of primary amides is 1. The Bertz CT molecular complexity index is 562. The van der Waals surface area contributed by atoms with Crippen molar-refractivity contribution in [3.63, 3.8) is 0 Å². The number of rotatable bonds is 4. The average Bonchev–Trinajstić information content (AvgIpc) is 2.69. The van der Waals surface area contributed by atoms with Gasteiger partial charge in [-0.05, 0) is 6.42 Å². The van der Waals surface area contributed by atoms with Crippen LogP contribution in [0.1, 0.15) is 23.7 Å². The lowest BCUT2D eigenvalue weighted by Crippen LogP contribution is -2.14. The van der Waals surface area contributed by atoms with E-state index in [-0.39, 0.29) is 11.4 Å². The van der Waals surface area contributed by atoms with Gasteiger partial charge in [0.2, 0.25) is 0 Å². The summed E-state index contributed by atoms with van der Waals surface area (Å²) in [6, 6.07) is 0. The van der Waals surface area contributed by atoms with Gasteiger partial charge in [0.05, 0.1) is 6.20 Å². The summed E-state index contributed by atoms with van der Waals surface area (Å²) >= 11 is 0. The highest BCUT2D eigenvalue weighted by Gasteiger charge is 2.21. The summed E-state index contributed by atoms with van der Waals surface area (Å²) in [5, 5.41) is 4.28. The van der Waals surface area contributed by atoms with Crippen molar-refractivity contribution in [1.29, 1.82) is 0 Å². The standard InChI is InChI=1S/C11H14N6O/c1-2-5-17-10(12)8(11(13)18)9(16-17)7-6-14-3-4-15-7/h3-4,6H,2,5,12H2,1H3,(H2,13,18). The van der Waals surface area contributed by atoms with Crippen LogP contribution in [0.2, 0.25) is 0 Å². The van der Waals surface area contributed by atoms with Gasteiger partial charge in [0.25, 0.3) is 5.91 Å². The first-order valence-electron chi connectivity index (χ1n) is 5.57. The molecule has 0 aliphatic carbocycles. The Balaban J connectivity index is 2.59. The van der Waals surface area contributed by atoms with Crippen molar-refractivity contribution in [2.24, 2.45) is 5.73 Å². The highest BCUT2D eigenvalue weighted by Crippen LogP contribution is 2.24. The second kappa shape index (κ2) is 4.82. The second-order valence-electron chi connectivity index (χ2n) is 3.79. The first kappa shape index (κ1) is 12.0. The third-order valence-corrected chi connectivity index (χ3v) is 2.48. The van der Waals surface area contributed by atoms with Crippen LogP contribution in [0.3, 0.4) is 0 Å². The van der Waals surface area contributed by atoms with Gasteiger partial charge < -0.3 is 11.5 Å². The molecule has 94 valence electrons. The molecular formula is C11H14N6O. The molecular weight excluding hydrogens is 232 g/mol. The van der Waals surface area contributed by atoms with E-state index in [1.165, 1.54) is 12.4 Å². The zero-order valence-corrected chi connectivity index (χ0v) is 10.00. The Kier molecular flexibility index (Phi) is 3.22. The van der Waals surface area contributed by atoms with Gasteiger partial charge in [0.1, 0.15) is 22.8 Å². The Morgan fingerprint density at radius 3 is 2.78 bits per heavy atom. The van der Waals surface area contributed by atoms with Crippen molar-refractivity contribution in [2.45, 2.75) is 19.9 Å². The number of carbonyl (C=O) groups excluding carboxylic acids is 1. The van der Waals surface area contributed by atoms with Crippen LogP contribution in [-0.4, -0.2) is 25.7 Å². The molecule has 0 bridgehead atoms. The molecule has 7 heteroatoms. The number of hydrogen-bond acceptors (Lipinski definition) is 5. The third kappa shape index (κ3) is 2.02. The minimum absolute atomic E-state index is 0.198. The van der Waals surface area contributed by atoms with E-state index < -0.39 is 5.91 Å². The fourth-order valence-corrected chi connectivity index (χ4v) is 1.70. The number of nitrogens with zero attached hydrogens (tertiary/aromatic N) is 4. The maximum atomic E-state index is 11.5. The molecule has 2 aromatic rings. The first-order valence-corrected chi connectivity index (χ1v) is 5.57. The fourth-order valence-electron chi connectivity index (χ4n) is 1.70. The van der Waals surface area contributed by atoms with Gasteiger partial charge in [-0.25, -0.2) is 4.68 Å². The van der Waals surface area contributed by atoms with Crippen LogP contribution >= 0.6 is 0 Å². The largest absolute Gasteiger partial charge is 0.383 e. The van der Waals surface area contributed by atoms with E-state index in [1.54, 1.807) is 10.9 Å². The monoisotopic (exact) mass is 246 g/mol. The predicted molar refractivity (Wildman–Crippen MR) is 66.5 cm³/mol. The van der Waals surface area contributed by atoms with E-state index in [0.717, 1.165) is 6.42 Å². The van der Waals surface area contributed by atoms with E-state index >= 15 is 0 Å². The Morgan fingerprint density at radius 1 is 1.44 bits per heavy atom. The van der Waals surface area contributed by atoms with Crippen LogP contribution in [0.25, 0.3) is 11.4 Å². The molecule has 7 nitrogen and oxygen atoms in total. The van der Waals surface area contributed by atoms with Crippen molar-refractivity contribution < 1.29 is 4.79 Å². The number of anilines is 1. The molecule has 2 rings (SSSR count). The summed E-state index contributed by atoms with van der Waals surface area (Å²) in [4.78, 5) is 19.5. The number of aryl methyl sites for hydroxylation is 1. The Labute approximate surface area is 104 Å². The molecule has 18 heavy (non-hydrogen) atoms. The van der Waals surface area contributed by atoms with Crippen LogP contribution in [0, 0.1) is 0 Å². The quantitative estimate of drug-likeness (QED) is 0.812. The number of nitrogens with two attached hydrogens (primary N) is 2. The number of aromatic nitrogens is 4. The van der Waals surface area contributed by atoms with Crippen LogP contribution in [0.15, 0.2) is 18.6 Å². The third-order valence-electron chi connectivity index (χ3n) is 2.48. The van der Waals surface area contributed by atoms with Crippen molar-refractivity contribution in [3.05, 3.63) is 24.2 Å². The molecule has 0 atom stereocenters. The number of nitrogen functional groups attached to an aromatic ring is 1. The summed E-state index contributed by atoms with van der Waals surface area (Å²) < 4.78 is 1.56. The fraction of sp³-hybridized carbons (Fsp3) is 0.273. The van der Waals surface area contributed by atoms with E-state index in [2.05, 4.69) is 15.1 Å². The number of carbonyl (C=O) groups is 1. The highest BCUT2D eigenvalue weighted by molar-refractivity contribution is 6.02. The topological polar surface area (TPSA) is 113 Å². The van der Waals surface area contributed by atoms with Crippen molar-refractivity contribution in [1.82, 2.24) is 19.7 Å². The van der Waals surface area contributed by atoms with Gasteiger partial charge in [0, 0.05) is 18.9 Å². The molecule has 0 unspecified atom stereocenters. The zero-order chi connectivity index (χ0) is 13.1. The maximum Gasteiger partial charge on any atom is 0.254 e. The van der Waals surface area contributed by atoms with Gasteiger partial charge in [0.15, 0.2) is 0 Å². The molecule has 0 aliphatic heterocycles. The van der Waals surface area contributed by atoms with Crippen LogP contribution < -0.4 is 11.5 Å². The molecule has 1 amide bonds. The van der Waals surface area contributed by atoms with Gasteiger partial charge in [-0.1, -0.05) is 6.92 Å². The van der Waals surface area contributed by atoms with Crippen LogP contribution in [0.5, 0.6) is 0 Å². The second-order valence-corrected chi connectivity index (χ2v) is 3.79. The minimum Gasteiger partial charge on any atom is -0.383 e. The average molecular weight is 246 g/mol. The molecule has 0 aromatic carbocycles. The maximum absolute atomic E-state index is 11.5. The first-order chi connectivity index (χ1) is 8.65. The molecule has 0 radical (unpaired) electrons. The lowest BCUT2D eigenvalue weighted by Gasteiger charge is -2.00. The van der Waals surface area contributed by atoms with Crippen molar-refractivity contribution >= 4 is 11.7 Å². The van der Waals surface area contributed by atoms with E-state index in [1.807, 2.05) is 6.92 Å². The van der Waals surface area contributed by atoms with Crippen molar-refractivity contribution in [3.8, 4) is 11.4 Å².